The average Bonchev–Trinajstić information content (AvgIpc) is 3.57. The summed E-state index contributed by atoms with van der Waals surface area (Å²) in [5.41, 5.74) is 1.54. The number of aromatic nitrogens is 4. The zero-order valence-electron chi connectivity index (χ0n) is 21.1. The summed E-state index contributed by atoms with van der Waals surface area (Å²) >= 11 is 1.28. The lowest BCUT2D eigenvalue weighted by Gasteiger charge is -2.14. The second-order valence-electron chi connectivity index (χ2n) is 10.0. The highest BCUT2D eigenvalue weighted by molar-refractivity contribution is 7.99. The predicted octanol–water partition coefficient (Wildman–Crippen LogP) is 4.74. The number of aryl methyl sites for hydroxylation is 1. The van der Waals surface area contributed by atoms with E-state index < -0.39 is 0 Å². The Hall–Kier alpha value is -3.46. The molecule has 2 aromatic carbocycles. The molecule has 0 unspecified atom stereocenters. The lowest BCUT2D eigenvalue weighted by Crippen LogP contribution is -2.32. The molecule has 1 aliphatic rings. The Morgan fingerprint density at radius 3 is 2.54 bits per heavy atom. The van der Waals surface area contributed by atoms with Gasteiger partial charge in [-0.25, -0.2) is 0 Å². The molecule has 1 saturated carbocycles. The van der Waals surface area contributed by atoms with E-state index in [9.17, 15) is 14.4 Å². The first-order chi connectivity index (χ1) is 17.9. The van der Waals surface area contributed by atoms with E-state index in [0.717, 1.165) is 32.1 Å². The van der Waals surface area contributed by atoms with Crippen LogP contribution in [0.2, 0.25) is 0 Å². The molecule has 4 aromatic rings. The number of nitrogens with one attached hydrogen (secondary N) is 1. The van der Waals surface area contributed by atoms with Gasteiger partial charge < -0.3 is 5.32 Å². The second-order valence-corrected chi connectivity index (χ2v) is 11.0. The van der Waals surface area contributed by atoms with Crippen LogP contribution < -0.4 is 10.9 Å². The number of carbonyl (C=O) groups is 2. The van der Waals surface area contributed by atoms with Gasteiger partial charge in [0.25, 0.3) is 11.5 Å². The smallest absolute Gasteiger partial charge is 0.262 e. The first-order valence-electron chi connectivity index (χ1n) is 12.9. The largest absolute Gasteiger partial charge is 0.349 e. The summed E-state index contributed by atoms with van der Waals surface area (Å²) in [6, 6.07) is 14.5. The maximum atomic E-state index is 13.5. The van der Waals surface area contributed by atoms with Crippen LogP contribution in [0.5, 0.6) is 0 Å². The Morgan fingerprint density at radius 1 is 1.05 bits per heavy atom. The molecule has 8 nitrogen and oxygen atoms in total. The lowest BCUT2D eigenvalue weighted by molar-refractivity contribution is 0.0937. The molecule has 0 bridgehead atoms. The van der Waals surface area contributed by atoms with Crippen LogP contribution in [-0.2, 0) is 6.54 Å². The van der Waals surface area contributed by atoms with Crippen molar-refractivity contribution in [1.82, 2.24) is 24.5 Å². The van der Waals surface area contributed by atoms with Gasteiger partial charge in [0.05, 0.1) is 16.7 Å². The molecule has 37 heavy (non-hydrogen) atoms. The van der Waals surface area contributed by atoms with Crippen LogP contribution in [0.15, 0.2) is 58.5 Å². The third-order valence-corrected chi connectivity index (χ3v) is 7.81. The van der Waals surface area contributed by atoms with Crippen LogP contribution in [0.3, 0.4) is 0 Å². The number of benzene rings is 2. The van der Waals surface area contributed by atoms with Crippen molar-refractivity contribution in [3.8, 4) is 0 Å². The van der Waals surface area contributed by atoms with Crippen molar-refractivity contribution in [1.29, 1.82) is 0 Å². The van der Waals surface area contributed by atoms with Gasteiger partial charge in [0, 0.05) is 23.7 Å². The standard InChI is InChI=1S/C28H31N5O3S/c1-18(2)14-15-32-26(36)22-13-12-20(25(35)29-21-10-6-7-11-21)16-23(22)33-27(32)30-31-28(33)37-17-24(34)19-8-4-3-5-9-19/h3-5,8-9,12-13,16,18,21H,6-7,10-11,14-15,17H2,1-2H3,(H,29,35). The normalized spacial score (nSPS) is 14.1. The number of thioether (sulfide) groups is 1. The zero-order valence-corrected chi connectivity index (χ0v) is 22.0. The average molecular weight is 518 g/mol. The summed E-state index contributed by atoms with van der Waals surface area (Å²) in [4.78, 5) is 39.3. The van der Waals surface area contributed by atoms with Crippen molar-refractivity contribution in [2.45, 2.75) is 63.7 Å². The van der Waals surface area contributed by atoms with Crippen molar-refractivity contribution in [3.63, 3.8) is 0 Å². The van der Waals surface area contributed by atoms with E-state index in [4.69, 9.17) is 0 Å². The maximum Gasteiger partial charge on any atom is 0.262 e. The van der Waals surface area contributed by atoms with Gasteiger partial charge >= 0.3 is 0 Å². The number of fused-ring (bicyclic) bond motifs is 3. The van der Waals surface area contributed by atoms with Gasteiger partial charge in [0.1, 0.15) is 0 Å². The number of hydrogen-bond acceptors (Lipinski definition) is 6. The number of amides is 1. The number of ketones is 1. The first-order valence-corrected chi connectivity index (χ1v) is 13.8. The summed E-state index contributed by atoms with van der Waals surface area (Å²) in [5.74, 6) is 0.842. The first kappa shape index (κ1) is 25.2. The Morgan fingerprint density at radius 2 is 1.81 bits per heavy atom. The highest BCUT2D eigenvalue weighted by Crippen LogP contribution is 2.24. The minimum Gasteiger partial charge on any atom is -0.349 e. The Labute approximate surface area is 219 Å². The monoisotopic (exact) mass is 517 g/mol. The maximum absolute atomic E-state index is 13.5. The van der Waals surface area contributed by atoms with E-state index in [1.165, 1.54) is 11.8 Å². The molecule has 9 heteroatoms. The van der Waals surface area contributed by atoms with E-state index in [1.807, 2.05) is 22.6 Å². The Balaban J connectivity index is 1.56. The fourth-order valence-corrected chi connectivity index (χ4v) is 5.62. The number of hydrogen-bond donors (Lipinski definition) is 1. The van der Waals surface area contributed by atoms with E-state index >= 15 is 0 Å². The molecule has 0 saturated heterocycles. The quantitative estimate of drug-likeness (QED) is 0.254. The van der Waals surface area contributed by atoms with Crippen molar-refractivity contribution < 1.29 is 9.59 Å². The molecule has 0 atom stereocenters. The molecule has 2 aromatic heterocycles. The molecule has 1 amide bonds. The second kappa shape index (κ2) is 10.9. The van der Waals surface area contributed by atoms with Crippen molar-refractivity contribution in [3.05, 3.63) is 70.0 Å². The van der Waals surface area contributed by atoms with Crippen LogP contribution in [0.25, 0.3) is 16.7 Å². The molecule has 5 rings (SSSR count). The van der Waals surface area contributed by atoms with Gasteiger partial charge in [-0.05, 0) is 43.4 Å². The minimum absolute atomic E-state index is 0.0172. The van der Waals surface area contributed by atoms with Gasteiger partial charge in [0.2, 0.25) is 5.78 Å². The lowest BCUT2D eigenvalue weighted by atomic mass is 10.1. The van der Waals surface area contributed by atoms with Gasteiger partial charge in [0.15, 0.2) is 10.9 Å². The minimum atomic E-state index is -0.157. The fraction of sp³-hybridized carbons (Fsp3) is 0.393. The highest BCUT2D eigenvalue weighted by atomic mass is 32.2. The molecular weight excluding hydrogens is 486 g/mol. The van der Waals surface area contributed by atoms with Crippen LogP contribution >= 0.6 is 11.8 Å². The van der Waals surface area contributed by atoms with E-state index in [2.05, 4.69) is 29.4 Å². The molecule has 1 fully saturated rings. The van der Waals surface area contributed by atoms with E-state index in [1.54, 1.807) is 34.9 Å². The molecule has 2 heterocycles. The van der Waals surface area contributed by atoms with Crippen LogP contribution in [0.4, 0.5) is 0 Å². The van der Waals surface area contributed by atoms with Crippen molar-refractivity contribution >= 4 is 40.1 Å². The fourth-order valence-electron chi connectivity index (χ4n) is 4.78. The molecule has 1 N–H and O–H groups in total. The summed E-state index contributed by atoms with van der Waals surface area (Å²) < 4.78 is 3.46. The summed E-state index contributed by atoms with van der Waals surface area (Å²) in [6.45, 7) is 4.73. The summed E-state index contributed by atoms with van der Waals surface area (Å²) in [5, 5.41) is 12.8. The molecule has 0 aliphatic heterocycles. The molecule has 1 aliphatic carbocycles. The van der Waals surface area contributed by atoms with Gasteiger partial charge in [-0.2, -0.15) is 0 Å². The Kier molecular flexibility index (Phi) is 7.41. The number of carbonyl (C=O) groups excluding carboxylic acids is 2. The number of Topliss-reactive ketones (excluding diaryl/α,β-unsaturated/α-hetero) is 1. The van der Waals surface area contributed by atoms with Gasteiger partial charge in [-0.15, -0.1) is 10.2 Å². The van der Waals surface area contributed by atoms with Crippen LogP contribution in [0, 0.1) is 5.92 Å². The number of rotatable bonds is 9. The zero-order chi connectivity index (χ0) is 25.9. The highest BCUT2D eigenvalue weighted by Gasteiger charge is 2.21. The van der Waals surface area contributed by atoms with Gasteiger partial charge in [-0.3, -0.25) is 23.4 Å². The van der Waals surface area contributed by atoms with Crippen LogP contribution in [-0.4, -0.2) is 42.7 Å². The topological polar surface area (TPSA) is 98.4 Å². The summed E-state index contributed by atoms with van der Waals surface area (Å²) in [7, 11) is 0. The predicted molar refractivity (Wildman–Crippen MR) is 145 cm³/mol. The van der Waals surface area contributed by atoms with E-state index in [0.29, 0.717) is 45.4 Å². The molecule has 0 radical (unpaired) electrons. The van der Waals surface area contributed by atoms with Crippen molar-refractivity contribution in [2.24, 2.45) is 5.92 Å². The van der Waals surface area contributed by atoms with E-state index in [-0.39, 0.29) is 29.0 Å². The van der Waals surface area contributed by atoms with Crippen molar-refractivity contribution in [2.75, 3.05) is 5.75 Å². The molecular formula is C28H31N5O3S. The number of nitrogens with zero attached hydrogens (tertiary/aromatic N) is 4. The molecule has 192 valence electrons. The third kappa shape index (κ3) is 5.32. The van der Waals surface area contributed by atoms with Crippen LogP contribution in [0.1, 0.15) is 66.7 Å². The summed E-state index contributed by atoms with van der Waals surface area (Å²) in [6.07, 6.45) is 5.05. The Bertz CT molecular complexity index is 1500. The third-order valence-electron chi connectivity index (χ3n) is 6.88. The van der Waals surface area contributed by atoms with Gasteiger partial charge in [-0.1, -0.05) is 68.8 Å². The molecule has 0 spiro atoms. The SMILES string of the molecule is CC(C)CCn1c(=O)c2ccc(C(=O)NC3CCCC3)cc2n2c(SCC(=O)c3ccccc3)nnc12.